The van der Waals surface area contributed by atoms with Crippen LogP contribution in [-0.2, 0) is 6.54 Å². The Kier molecular flexibility index (Phi) is 7.01. The number of methoxy groups -OCH3 is 1. The van der Waals surface area contributed by atoms with E-state index < -0.39 is 0 Å². The van der Waals surface area contributed by atoms with Gasteiger partial charge in [-0.2, -0.15) is 0 Å². The van der Waals surface area contributed by atoms with Gasteiger partial charge in [-0.3, -0.25) is 4.99 Å². The fourth-order valence-corrected chi connectivity index (χ4v) is 3.04. The van der Waals surface area contributed by atoms with Gasteiger partial charge in [0.15, 0.2) is 5.96 Å². The van der Waals surface area contributed by atoms with Crippen molar-refractivity contribution >= 4 is 5.96 Å². The van der Waals surface area contributed by atoms with E-state index in [-0.39, 0.29) is 5.92 Å². The number of hydrogen-bond donors (Lipinski definition) is 2. The second kappa shape index (κ2) is 10.1. The first kappa shape index (κ1) is 19.4. The fraction of sp³-hybridized carbons (Fsp3) is 0.217. The SMILES string of the molecule is CN=C(NCc1ccc(OC)nc1)NCC(c1ccccc1)c1ccccc1. The minimum atomic E-state index is 0.239. The summed E-state index contributed by atoms with van der Waals surface area (Å²) in [6.07, 6.45) is 1.80. The van der Waals surface area contributed by atoms with Crippen molar-refractivity contribution in [3.63, 3.8) is 0 Å². The molecule has 0 saturated carbocycles. The van der Waals surface area contributed by atoms with Crippen molar-refractivity contribution in [2.45, 2.75) is 12.5 Å². The first-order valence-electron chi connectivity index (χ1n) is 9.33. The van der Waals surface area contributed by atoms with E-state index in [4.69, 9.17) is 4.74 Å². The molecule has 28 heavy (non-hydrogen) atoms. The first-order chi connectivity index (χ1) is 13.8. The Morgan fingerprint density at radius 2 is 1.57 bits per heavy atom. The lowest BCUT2D eigenvalue weighted by Gasteiger charge is -2.20. The molecule has 3 aromatic rings. The highest BCUT2D eigenvalue weighted by atomic mass is 16.5. The van der Waals surface area contributed by atoms with E-state index in [1.54, 1.807) is 20.4 Å². The van der Waals surface area contributed by atoms with Crippen molar-refractivity contribution in [1.82, 2.24) is 15.6 Å². The van der Waals surface area contributed by atoms with Gasteiger partial charge < -0.3 is 15.4 Å². The van der Waals surface area contributed by atoms with Gasteiger partial charge in [-0.1, -0.05) is 66.7 Å². The summed E-state index contributed by atoms with van der Waals surface area (Å²) in [5.74, 6) is 1.61. The van der Waals surface area contributed by atoms with Crippen LogP contribution in [0.15, 0.2) is 84.0 Å². The van der Waals surface area contributed by atoms with E-state index in [2.05, 4.69) is 69.1 Å². The highest BCUT2D eigenvalue weighted by molar-refractivity contribution is 5.79. The topological polar surface area (TPSA) is 58.5 Å². The van der Waals surface area contributed by atoms with Crippen LogP contribution in [0.25, 0.3) is 0 Å². The lowest BCUT2D eigenvalue weighted by atomic mass is 9.91. The van der Waals surface area contributed by atoms with Crippen LogP contribution in [0.2, 0.25) is 0 Å². The van der Waals surface area contributed by atoms with Crippen molar-refractivity contribution in [3.05, 3.63) is 95.7 Å². The third kappa shape index (κ3) is 5.33. The number of ether oxygens (including phenoxy) is 1. The number of hydrogen-bond acceptors (Lipinski definition) is 3. The first-order valence-corrected chi connectivity index (χ1v) is 9.33. The summed E-state index contributed by atoms with van der Waals surface area (Å²) >= 11 is 0. The summed E-state index contributed by atoms with van der Waals surface area (Å²) in [5, 5.41) is 6.79. The maximum absolute atomic E-state index is 5.10. The highest BCUT2D eigenvalue weighted by Gasteiger charge is 2.14. The summed E-state index contributed by atoms with van der Waals surface area (Å²) in [7, 11) is 3.39. The normalized spacial score (nSPS) is 11.3. The van der Waals surface area contributed by atoms with Crippen LogP contribution in [0.3, 0.4) is 0 Å². The maximum atomic E-state index is 5.10. The molecule has 5 heteroatoms. The van der Waals surface area contributed by atoms with Gasteiger partial charge in [0.25, 0.3) is 0 Å². The summed E-state index contributed by atoms with van der Waals surface area (Å²) in [4.78, 5) is 8.58. The van der Waals surface area contributed by atoms with Crippen LogP contribution in [-0.4, -0.2) is 31.6 Å². The van der Waals surface area contributed by atoms with Crippen LogP contribution in [0.1, 0.15) is 22.6 Å². The van der Waals surface area contributed by atoms with Gasteiger partial charge in [0.2, 0.25) is 5.88 Å². The van der Waals surface area contributed by atoms with Crippen LogP contribution in [0.5, 0.6) is 5.88 Å². The molecule has 1 heterocycles. The highest BCUT2D eigenvalue weighted by Crippen LogP contribution is 2.23. The summed E-state index contributed by atoms with van der Waals surface area (Å²) in [6.45, 7) is 1.38. The molecule has 0 aliphatic rings. The quantitative estimate of drug-likeness (QED) is 0.490. The predicted octanol–water partition coefficient (Wildman–Crippen LogP) is 3.59. The molecule has 0 atom stereocenters. The molecule has 0 radical (unpaired) electrons. The maximum Gasteiger partial charge on any atom is 0.212 e. The molecule has 3 rings (SSSR count). The third-order valence-corrected chi connectivity index (χ3v) is 4.57. The average Bonchev–Trinajstić information content (AvgIpc) is 2.78. The molecule has 0 aliphatic heterocycles. The van der Waals surface area contributed by atoms with Crippen molar-refractivity contribution in [2.75, 3.05) is 20.7 Å². The summed E-state index contributed by atoms with van der Waals surface area (Å²) < 4.78 is 5.10. The van der Waals surface area contributed by atoms with Crippen LogP contribution in [0.4, 0.5) is 0 Å². The number of pyridine rings is 1. The average molecular weight is 374 g/mol. The smallest absolute Gasteiger partial charge is 0.212 e. The van der Waals surface area contributed by atoms with E-state index in [1.807, 2.05) is 24.3 Å². The Morgan fingerprint density at radius 3 is 2.07 bits per heavy atom. The van der Waals surface area contributed by atoms with Gasteiger partial charge >= 0.3 is 0 Å². The minimum absolute atomic E-state index is 0.239. The van der Waals surface area contributed by atoms with Crippen molar-refractivity contribution in [2.24, 2.45) is 4.99 Å². The lowest BCUT2D eigenvalue weighted by molar-refractivity contribution is 0.397. The molecule has 144 valence electrons. The largest absolute Gasteiger partial charge is 0.481 e. The number of benzene rings is 2. The Labute approximate surface area is 166 Å². The third-order valence-electron chi connectivity index (χ3n) is 4.57. The number of rotatable bonds is 7. The molecule has 0 unspecified atom stereocenters. The number of nitrogens with zero attached hydrogens (tertiary/aromatic N) is 2. The molecular formula is C23H26N4O. The van der Waals surface area contributed by atoms with Gasteiger partial charge in [0.05, 0.1) is 7.11 Å². The molecule has 2 aromatic carbocycles. The second-order valence-corrected chi connectivity index (χ2v) is 6.39. The van der Waals surface area contributed by atoms with Gasteiger partial charge in [0.1, 0.15) is 0 Å². The Bertz CT molecular complexity index is 825. The Hall–Kier alpha value is -3.34. The molecule has 0 spiro atoms. The fourth-order valence-electron chi connectivity index (χ4n) is 3.04. The number of guanidine groups is 1. The molecule has 0 bridgehead atoms. The monoisotopic (exact) mass is 374 g/mol. The molecule has 0 fully saturated rings. The molecule has 5 nitrogen and oxygen atoms in total. The van der Waals surface area contributed by atoms with Gasteiger partial charge in [0, 0.05) is 38.3 Å². The standard InChI is InChI=1S/C23H26N4O/c1-24-23(26-16-18-13-14-22(28-2)25-15-18)27-17-21(19-9-5-3-6-10-19)20-11-7-4-8-12-20/h3-15,21H,16-17H2,1-2H3,(H2,24,26,27). The number of aliphatic imine (C=N–C) groups is 1. The molecular weight excluding hydrogens is 348 g/mol. The zero-order chi connectivity index (χ0) is 19.6. The van der Waals surface area contributed by atoms with Gasteiger partial charge in [-0.15, -0.1) is 0 Å². The second-order valence-electron chi connectivity index (χ2n) is 6.39. The van der Waals surface area contributed by atoms with Crippen LogP contribution in [0, 0.1) is 0 Å². The minimum Gasteiger partial charge on any atom is -0.481 e. The van der Waals surface area contributed by atoms with Crippen LogP contribution < -0.4 is 15.4 Å². The number of aromatic nitrogens is 1. The van der Waals surface area contributed by atoms with E-state index in [0.29, 0.717) is 12.4 Å². The molecule has 0 aliphatic carbocycles. The summed E-state index contributed by atoms with van der Waals surface area (Å²) in [6, 6.07) is 24.9. The lowest BCUT2D eigenvalue weighted by Crippen LogP contribution is -2.39. The number of nitrogens with one attached hydrogen (secondary N) is 2. The van der Waals surface area contributed by atoms with Crippen molar-refractivity contribution in [3.8, 4) is 5.88 Å². The van der Waals surface area contributed by atoms with E-state index in [9.17, 15) is 0 Å². The van der Waals surface area contributed by atoms with E-state index >= 15 is 0 Å². The zero-order valence-corrected chi connectivity index (χ0v) is 16.3. The van der Waals surface area contributed by atoms with Gasteiger partial charge in [-0.25, -0.2) is 4.98 Å². The van der Waals surface area contributed by atoms with Gasteiger partial charge in [-0.05, 0) is 16.7 Å². The Balaban J connectivity index is 1.64. The van der Waals surface area contributed by atoms with E-state index in [1.165, 1.54) is 11.1 Å². The van der Waals surface area contributed by atoms with Crippen molar-refractivity contribution < 1.29 is 4.74 Å². The zero-order valence-electron chi connectivity index (χ0n) is 16.3. The Morgan fingerprint density at radius 1 is 0.929 bits per heavy atom. The molecule has 0 amide bonds. The molecule has 1 aromatic heterocycles. The van der Waals surface area contributed by atoms with Crippen molar-refractivity contribution in [1.29, 1.82) is 0 Å². The summed E-state index contributed by atoms with van der Waals surface area (Å²) in [5.41, 5.74) is 3.61. The predicted molar refractivity (Wildman–Crippen MR) is 114 cm³/mol. The molecule has 0 saturated heterocycles. The van der Waals surface area contributed by atoms with E-state index in [0.717, 1.165) is 18.1 Å². The molecule has 2 N–H and O–H groups in total. The van der Waals surface area contributed by atoms with Crippen LogP contribution >= 0.6 is 0 Å².